The second kappa shape index (κ2) is 9.19. The first-order chi connectivity index (χ1) is 14.6. The van der Waals surface area contributed by atoms with E-state index in [2.05, 4.69) is 6.92 Å². The minimum Gasteiger partial charge on any atom is -0.342 e. The van der Waals surface area contributed by atoms with E-state index in [1.165, 1.54) is 12.0 Å². The number of carbonyl (C=O) groups is 3. The first-order valence-electron chi connectivity index (χ1n) is 11.5. The summed E-state index contributed by atoms with van der Waals surface area (Å²) in [6, 6.07) is 8.03. The van der Waals surface area contributed by atoms with Gasteiger partial charge in [0.2, 0.25) is 17.7 Å². The number of rotatable bonds is 4. The lowest BCUT2D eigenvalue weighted by molar-refractivity contribution is -0.143. The smallest absolute Gasteiger partial charge is 0.228 e. The summed E-state index contributed by atoms with van der Waals surface area (Å²) in [6.45, 7) is 5.58. The predicted molar refractivity (Wildman–Crippen MR) is 116 cm³/mol. The van der Waals surface area contributed by atoms with Gasteiger partial charge in [0.1, 0.15) is 0 Å². The van der Waals surface area contributed by atoms with Gasteiger partial charge < -0.3 is 14.7 Å². The molecule has 6 heteroatoms. The molecule has 3 heterocycles. The van der Waals surface area contributed by atoms with Crippen LogP contribution in [0.1, 0.15) is 51.0 Å². The Morgan fingerprint density at radius 1 is 0.867 bits per heavy atom. The summed E-state index contributed by atoms with van der Waals surface area (Å²) in [5, 5.41) is 0. The summed E-state index contributed by atoms with van der Waals surface area (Å²) in [6.07, 6.45) is 6.16. The van der Waals surface area contributed by atoms with E-state index < -0.39 is 0 Å². The number of hydrogen-bond donors (Lipinski definition) is 0. The Balaban J connectivity index is 1.31. The number of likely N-dealkylation sites (tertiary alicyclic amines) is 2. The maximum absolute atomic E-state index is 13.1. The van der Waals surface area contributed by atoms with Crippen LogP contribution in [0.15, 0.2) is 24.3 Å². The lowest BCUT2D eigenvalue weighted by Crippen LogP contribution is -2.47. The van der Waals surface area contributed by atoms with Crippen LogP contribution >= 0.6 is 0 Å². The fraction of sp³-hybridized carbons (Fsp3) is 0.625. The molecule has 4 rings (SSSR count). The largest absolute Gasteiger partial charge is 0.342 e. The lowest BCUT2D eigenvalue weighted by atomic mass is 9.93. The summed E-state index contributed by atoms with van der Waals surface area (Å²) in [7, 11) is 0. The number of carbonyl (C=O) groups excluding carboxylic acids is 3. The Bertz CT molecular complexity index is 777. The topological polar surface area (TPSA) is 60.9 Å². The zero-order valence-electron chi connectivity index (χ0n) is 18.0. The highest BCUT2D eigenvalue weighted by molar-refractivity contribution is 6.00. The van der Waals surface area contributed by atoms with Gasteiger partial charge in [0.25, 0.3) is 0 Å². The normalized spacial score (nSPS) is 23.2. The van der Waals surface area contributed by atoms with Crippen molar-refractivity contribution in [3.63, 3.8) is 0 Å². The molecule has 3 aliphatic rings. The van der Waals surface area contributed by atoms with Crippen molar-refractivity contribution in [2.24, 2.45) is 11.8 Å². The van der Waals surface area contributed by atoms with Crippen LogP contribution in [-0.4, -0.2) is 60.2 Å². The van der Waals surface area contributed by atoms with Crippen molar-refractivity contribution in [3.8, 4) is 0 Å². The Kier molecular flexibility index (Phi) is 6.40. The standard InChI is InChI=1S/C24H33N3O3/c1-2-18-6-8-21(9-7-18)27-17-20(16-22(27)28)24(30)26-14-10-19(11-15-26)23(29)25-12-4-3-5-13-25/h6-9,19-20H,2-5,10-17H2,1H3. The Morgan fingerprint density at radius 3 is 2.10 bits per heavy atom. The van der Waals surface area contributed by atoms with Crippen LogP contribution < -0.4 is 4.90 Å². The molecule has 0 N–H and O–H groups in total. The molecule has 0 radical (unpaired) electrons. The van der Waals surface area contributed by atoms with Crippen LogP contribution in [0, 0.1) is 11.8 Å². The Hall–Kier alpha value is -2.37. The molecule has 0 aliphatic carbocycles. The van der Waals surface area contributed by atoms with Crippen LogP contribution in [0.4, 0.5) is 5.69 Å². The Morgan fingerprint density at radius 2 is 1.47 bits per heavy atom. The number of anilines is 1. The highest BCUT2D eigenvalue weighted by Crippen LogP contribution is 2.29. The molecule has 1 aromatic carbocycles. The van der Waals surface area contributed by atoms with Gasteiger partial charge in [-0.3, -0.25) is 14.4 Å². The molecule has 1 unspecified atom stereocenters. The first-order valence-corrected chi connectivity index (χ1v) is 11.5. The number of benzene rings is 1. The quantitative estimate of drug-likeness (QED) is 0.765. The molecule has 3 amide bonds. The van der Waals surface area contributed by atoms with E-state index in [0.717, 1.165) is 50.9 Å². The number of nitrogens with zero attached hydrogens (tertiary/aromatic N) is 3. The van der Waals surface area contributed by atoms with E-state index in [0.29, 0.717) is 19.6 Å². The minimum absolute atomic E-state index is 0.0211. The third-order valence-corrected chi connectivity index (χ3v) is 6.95. The molecule has 1 aromatic rings. The number of aryl methyl sites for hydroxylation is 1. The monoisotopic (exact) mass is 411 g/mol. The maximum atomic E-state index is 13.1. The van der Waals surface area contributed by atoms with Gasteiger partial charge in [-0.2, -0.15) is 0 Å². The van der Waals surface area contributed by atoms with E-state index in [9.17, 15) is 14.4 Å². The molecule has 162 valence electrons. The summed E-state index contributed by atoms with van der Waals surface area (Å²) in [4.78, 5) is 44.0. The number of piperidine rings is 2. The fourth-order valence-corrected chi connectivity index (χ4v) is 5.01. The molecule has 0 spiro atoms. The summed E-state index contributed by atoms with van der Waals surface area (Å²) < 4.78 is 0. The van der Waals surface area contributed by atoms with E-state index in [1.54, 1.807) is 4.90 Å². The molecule has 6 nitrogen and oxygen atoms in total. The minimum atomic E-state index is -0.280. The average molecular weight is 412 g/mol. The van der Waals surface area contributed by atoms with Crippen LogP contribution in [0.5, 0.6) is 0 Å². The second-order valence-electron chi connectivity index (χ2n) is 8.91. The van der Waals surface area contributed by atoms with Gasteiger partial charge in [-0.1, -0.05) is 19.1 Å². The average Bonchev–Trinajstić information content (AvgIpc) is 3.20. The molecule has 3 fully saturated rings. The zero-order valence-corrected chi connectivity index (χ0v) is 18.0. The third-order valence-electron chi connectivity index (χ3n) is 6.95. The SMILES string of the molecule is CCc1ccc(N2CC(C(=O)N3CCC(C(=O)N4CCCCC4)CC3)CC2=O)cc1. The summed E-state index contributed by atoms with van der Waals surface area (Å²) in [5.74, 6) is 0.135. The second-order valence-corrected chi connectivity index (χ2v) is 8.91. The molecule has 3 saturated heterocycles. The van der Waals surface area contributed by atoms with Gasteiger partial charge in [-0.15, -0.1) is 0 Å². The van der Waals surface area contributed by atoms with E-state index in [4.69, 9.17) is 0 Å². The van der Waals surface area contributed by atoms with Gasteiger partial charge in [0.15, 0.2) is 0 Å². The highest BCUT2D eigenvalue weighted by atomic mass is 16.2. The van der Waals surface area contributed by atoms with Crippen molar-refractivity contribution >= 4 is 23.4 Å². The van der Waals surface area contributed by atoms with Gasteiger partial charge in [-0.05, 0) is 56.2 Å². The van der Waals surface area contributed by atoms with Crippen molar-refractivity contribution in [1.29, 1.82) is 0 Å². The zero-order chi connectivity index (χ0) is 21.1. The molecule has 30 heavy (non-hydrogen) atoms. The van der Waals surface area contributed by atoms with Gasteiger partial charge >= 0.3 is 0 Å². The van der Waals surface area contributed by atoms with E-state index in [-0.39, 0.29) is 36.0 Å². The van der Waals surface area contributed by atoms with E-state index >= 15 is 0 Å². The molecular weight excluding hydrogens is 378 g/mol. The van der Waals surface area contributed by atoms with Crippen LogP contribution in [0.25, 0.3) is 0 Å². The van der Waals surface area contributed by atoms with Crippen molar-refractivity contribution in [2.45, 2.75) is 51.9 Å². The number of amides is 3. The number of hydrogen-bond acceptors (Lipinski definition) is 3. The van der Waals surface area contributed by atoms with E-state index in [1.807, 2.05) is 34.1 Å². The predicted octanol–water partition coefficient (Wildman–Crippen LogP) is 2.85. The first kappa shape index (κ1) is 20.9. The summed E-state index contributed by atoms with van der Waals surface area (Å²) >= 11 is 0. The molecular formula is C24H33N3O3. The van der Waals surface area contributed by atoms with Crippen molar-refractivity contribution < 1.29 is 14.4 Å². The fourth-order valence-electron chi connectivity index (χ4n) is 5.01. The van der Waals surface area contributed by atoms with Crippen LogP contribution in [0.3, 0.4) is 0 Å². The van der Waals surface area contributed by atoms with Gasteiger partial charge in [-0.25, -0.2) is 0 Å². The van der Waals surface area contributed by atoms with Crippen molar-refractivity contribution in [3.05, 3.63) is 29.8 Å². The van der Waals surface area contributed by atoms with Crippen molar-refractivity contribution in [1.82, 2.24) is 9.80 Å². The third kappa shape index (κ3) is 4.37. The maximum Gasteiger partial charge on any atom is 0.228 e. The molecule has 0 saturated carbocycles. The van der Waals surface area contributed by atoms with Crippen molar-refractivity contribution in [2.75, 3.05) is 37.6 Å². The Labute approximate surface area is 179 Å². The molecule has 0 bridgehead atoms. The lowest BCUT2D eigenvalue weighted by Gasteiger charge is -2.36. The molecule has 0 aromatic heterocycles. The molecule has 1 atom stereocenters. The summed E-state index contributed by atoms with van der Waals surface area (Å²) in [5.41, 5.74) is 2.11. The highest BCUT2D eigenvalue weighted by Gasteiger charge is 2.39. The van der Waals surface area contributed by atoms with Crippen LogP contribution in [0.2, 0.25) is 0 Å². The van der Waals surface area contributed by atoms with Gasteiger partial charge in [0.05, 0.1) is 5.92 Å². The molecule has 3 aliphatic heterocycles. The van der Waals surface area contributed by atoms with Crippen LogP contribution in [-0.2, 0) is 20.8 Å². The van der Waals surface area contributed by atoms with Gasteiger partial charge in [0, 0.05) is 50.7 Å².